The van der Waals surface area contributed by atoms with Gasteiger partial charge in [-0.05, 0) is 31.5 Å². The van der Waals surface area contributed by atoms with Crippen LogP contribution in [0.15, 0.2) is 33.6 Å². The molecule has 0 spiro atoms. The third-order valence-corrected chi connectivity index (χ3v) is 5.36. The largest absolute Gasteiger partial charge is 0.478 e. The van der Waals surface area contributed by atoms with Gasteiger partial charge < -0.3 is 9.52 Å². The molecule has 2 rings (SSSR count). The molecule has 8 heteroatoms. The number of aromatic carboxylic acids is 1. The van der Waals surface area contributed by atoms with Crippen LogP contribution < -0.4 is 0 Å². The number of carboxylic acid groups (broad SMARTS) is 1. The fourth-order valence-electron chi connectivity index (χ4n) is 2.31. The van der Waals surface area contributed by atoms with Gasteiger partial charge in [-0.3, -0.25) is 0 Å². The summed E-state index contributed by atoms with van der Waals surface area (Å²) in [7, 11) is -2.74. The average molecular weight is 341 g/mol. The molecule has 0 radical (unpaired) electrons. The second-order valence-corrected chi connectivity index (χ2v) is 7.09. The monoisotopic (exact) mass is 341 g/mol. The van der Waals surface area contributed by atoms with Crippen LogP contribution in [0.4, 0.5) is 4.39 Å². The van der Waals surface area contributed by atoms with Gasteiger partial charge in [-0.15, -0.1) is 0 Å². The predicted octanol–water partition coefficient (Wildman–Crippen LogP) is 2.55. The Balaban J connectivity index is 2.42. The quantitative estimate of drug-likeness (QED) is 0.903. The van der Waals surface area contributed by atoms with Gasteiger partial charge in [0, 0.05) is 13.6 Å². The minimum Gasteiger partial charge on any atom is -0.478 e. The Hall–Kier alpha value is -2.19. The Bertz CT molecular complexity index is 839. The van der Waals surface area contributed by atoms with E-state index in [2.05, 4.69) is 0 Å². The molecule has 2 aromatic rings. The van der Waals surface area contributed by atoms with Gasteiger partial charge >= 0.3 is 5.97 Å². The summed E-state index contributed by atoms with van der Waals surface area (Å²) in [5.74, 6) is -1.74. The Kier molecular flexibility index (Phi) is 4.58. The van der Waals surface area contributed by atoms with Crippen molar-refractivity contribution in [3.05, 3.63) is 52.7 Å². The highest BCUT2D eigenvalue weighted by atomic mass is 32.2. The number of hydrogen-bond acceptors (Lipinski definition) is 4. The van der Waals surface area contributed by atoms with E-state index in [0.29, 0.717) is 5.56 Å². The van der Waals surface area contributed by atoms with Crippen LogP contribution in [-0.2, 0) is 16.6 Å². The lowest BCUT2D eigenvalue weighted by molar-refractivity contribution is 0.0691. The molecule has 1 N–H and O–H groups in total. The van der Waals surface area contributed by atoms with Gasteiger partial charge in [0.25, 0.3) is 0 Å². The summed E-state index contributed by atoms with van der Waals surface area (Å²) in [6.07, 6.45) is 0. The lowest BCUT2D eigenvalue weighted by atomic mass is 10.2. The van der Waals surface area contributed by atoms with Gasteiger partial charge in [-0.2, -0.15) is 4.31 Å². The van der Waals surface area contributed by atoms with E-state index in [4.69, 9.17) is 4.42 Å². The first-order valence-corrected chi connectivity index (χ1v) is 8.12. The van der Waals surface area contributed by atoms with Crippen molar-refractivity contribution in [2.75, 3.05) is 7.05 Å². The standard InChI is InChI=1S/C15H16FNO5S/c1-9-13(15(18)19)14(10(2)22-9)23(20,21)17(3)8-11-4-6-12(16)7-5-11/h4-7H,8H2,1-3H3,(H,18,19). The van der Waals surface area contributed by atoms with E-state index in [9.17, 15) is 22.7 Å². The van der Waals surface area contributed by atoms with Crippen molar-refractivity contribution in [3.63, 3.8) is 0 Å². The first kappa shape index (κ1) is 17.2. The molecule has 0 saturated heterocycles. The second-order valence-electron chi connectivity index (χ2n) is 5.11. The van der Waals surface area contributed by atoms with Crippen molar-refractivity contribution < 1.29 is 27.1 Å². The summed E-state index contributed by atoms with van der Waals surface area (Å²) < 4.78 is 44.5. The molecule has 0 aliphatic carbocycles. The van der Waals surface area contributed by atoms with Gasteiger partial charge in [0.1, 0.15) is 27.8 Å². The fraction of sp³-hybridized carbons (Fsp3) is 0.267. The number of carbonyl (C=O) groups is 1. The molecule has 124 valence electrons. The number of sulfonamides is 1. The summed E-state index contributed by atoms with van der Waals surface area (Å²) in [5.41, 5.74) is 0.209. The Morgan fingerprint density at radius 1 is 1.22 bits per heavy atom. The van der Waals surface area contributed by atoms with Crippen LogP contribution in [0, 0.1) is 19.7 Å². The molecule has 1 heterocycles. The van der Waals surface area contributed by atoms with Crippen LogP contribution in [0.1, 0.15) is 27.4 Å². The third kappa shape index (κ3) is 3.27. The summed E-state index contributed by atoms with van der Waals surface area (Å²) in [4.78, 5) is 11.0. The van der Waals surface area contributed by atoms with E-state index >= 15 is 0 Å². The van der Waals surface area contributed by atoms with Crippen molar-refractivity contribution >= 4 is 16.0 Å². The van der Waals surface area contributed by atoms with E-state index in [0.717, 1.165) is 4.31 Å². The summed E-state index contributed by atoms with van der Waals surface area (Å²) >= 11 is 0. The molecule has 0 atom stereocenters. The van der Waals surface area contributed by atoms with E-state index in [1.165, 1.54) is 45.2 Å². The number of aryl methyl sites for hydroxylation is 2. The van der Waals surface area contributed by atoms with Crippen LogP contribution in [0.3, 0.4) is 0 Å². The Morgan fingerprint density at radius 3 is 2.30 bits per heavy atom. The van der Waals surface area contributed by atoms with E-state index in [-0.39, 0.29) is 28.5 Å². The van der Waals surface area contributed by atoms with Gasteiger partial charge in [0.2, 0.25) is 10.0 Å². The lowest BCUT2D eigenvalue weighted by Gasteiger charge is -2.17. The maximum Gasteiger partial charge on any atom is 0.340 e. The van der Waals surface area contributed by atoms with Crippen LogP contribution in [0.25, 0.3) is 0 Å². The first-order valence-electron chi connectivity index (χ1n) is 6.68. The number of halogens is 1. The van der Waals surface area contributed by atoms with E-state index < -0.39 is 21.8 Å². The van der Waals surface area contributed by atoms with Crippen molar-refractivity contribution in [2.24, 2.45) is 0 Å². The van der Waals surface area contributed by atoms with Crippen molar-refractivity contribution in [1.29, 1.82) is 0 Å². The zero-order valence-corrected chi connectivity index (χ0v) is 13.6. The van der Waals surface area contributed by atoms with Crippen LogP contribution in [0.5, 0.6) is 0 Å². The molecule has 1 aromatic carbocycles. The molecule has 0 unspecified atom stereocenters. The summed E-state index contributed by atoms with van der Waals surface area (Å²) in [6, 6.07) is 5.39. The van der Waals surface area contributed by atoms with Gasteiger partial charge in [-0.1, -0.05) is 12.1 Å². The zero-order chi connectivity index (χ0) is 17.4. The highest BCUT2D eigenvalue weighted by Gasteiger charge is 2.33. The highest BCUT2D eigenvalue weighted by molar-refractivity contribution is 7.89. The molecule has 0 bridgehead atoms. The van der Waals surface area contributed by atoms with Gasteiger partial charge in [0.15, 0.2) is 0 Å². The fourth-order valence-corrected chi connectivity index (χ4v) is 3.83. The number of benzene rings is 1. The SMILES string of the molecule is Cc1oc(C)c(S(=O)(=O)N(C)Cc2ccc(F)cc2)c1C(=O)O. The van der Waals surface area contributed by atoms with Crippen molar-refractivity contribution in [2.45, 2.75) is 25.3 Å². The highest BCUT2D eigenvalue weighted by Crippen LogP contribution is 2.29. The number of furan rings is 1. The molecular formula is C15H16FNO5S. The Labute approximate surface area is 133 Å². The summed E-state index contributed by atoms with van der Waals surface area (Å²) in [6.45, 7) is 2.78. The molecule has 0 amide bonds. The predicted molar refractivity (Wildman–Crippen MR) is 80.2 cm³/mol. The molecule has 0 aliphatic heterocycles. The number of rotatable bonds is 5. The average Bonchev–Trinajstić information content (AvgIpc) is 2.76. The minimum atomic E-state index is -4.07. The smallest absolute Gasteiger partial charge is 0.340 e. The normalized spacial score (nSPS) is 11.9. The van der Waals surface area contributed by atoms with E-state index in [1.807, 2.05) is 0 Å². The number of hydrogen-bond donors (Lipinski definition) is 1. The van der Waals surface area contributed by atoms with Crippen molar-refractivity contribution in [1.82, 2.24) is 4.31 Å². The Morgan fingerprint density at radius 2 is 1.78 bits per heavy atom. The zero-order valence-electron chi connectivity index (χ0n) is 12.8. The molecule has 0 aliphatic rings. The minimum absolute atomic E-state index is 0.0193. The van der Waals surface area contributed by atoms with Gasteiger partial charge in [-0.25, -0.2) is 17.6 Å². The lowest BCUT2D eigenvalue weighted by Crippen LogP contribution is -2.28. The molecular weight excluding hydrogens is 325 g/mol. The second kappa shape index (κ2) is 6.13. The third-order valence-electron chi connectivity index (χ3n) is 3.41. The number of carboxylic acids is 1. The molecule has 0 fully saturated rings. The van der Waals surface area contributed by atoms with Crippen LogP contribution in [0.2, 0.25) is 0 Å². The van der Waals surface area contributed by atoms with Crippen molar-refractivity contribution in [3.8, 4) is 0 Å². The maximum atomic E-state index is 12.9. The maximum absolute atomic E-state index is 12.9. The number of nitrogens with zero attached hydrogens (tertiary/aromatic N) is 1. The molecule has 1 aromatic heterocycles. The first-order chi connectivity index (χ1) is 10.6. The summed E-state index contributed by atoms with van der Waals surface area (Å²) in [5, 5.41) is 9.24. The molecule has 23 heavy (non-hydrogen) atoms. The molecule has 0 saturated carbocycles. The molecule has 6 nitrogen and oxygen atoms in total. The topological polar surface area (TPSA) is 87.8 Å². The van der Waals surface area contributed by atoms with E-state index in [1.54, 1.807) is 0 Å². The van der Waals surface area contributed by atoms with Gasteiger partial charge in [0.05, 0.1) is 0 Å². The van der Waals surface area contributed by atoms with Crippen LogP contribution >= 0.6 is 0 Å². The van der Waals surface area contributed by atoms with Crippen LogP contribution in [-0.4, -0.2) is 30.8 Å².